The Bertz CT molecular complexity index is 185. The van der Waals surface area contributed by atoms with E-state index in [1.807, 2.05) is 13.8 Å². The predicted molar refractivity (Wildman–Crippen MR) is 59.1 cm³/mol. The minimum absolute atomic E-state index is 0.0523. The Morgan fingerprint density at radius 2 is 2.00 bits per heavy atom. The summed E-state index contributed by atoms with van der Waals surface area (Å²) in [6.07, 6.45) is 2.56. The van der Waals surface area contributed by atoms with Crippen molar-refractivity contribution in [2.45, 2.75) is 45.6 Å². The van der Waals surface area contributed by atoms with E-state index in [-0.39, 0.29) is 24.3 Å². The van der Waals surface area contributed by atoms with Crippen LogP contribution < -0.4 is 5.73 Å². The van der Waals surface area contributed by atoms with Gasteiger partial charge in [0.25, 0.3) is 0 Å². The standard InChI is InChI=1S/C11H23NO3/c1-3-9(11(12)15)6-4-5-8(2)10(14)7-13/h8-10,13-14H,3-7H2,1-2H3,(H2,12,15). The summed E-state index contributed by atoms with van der Waals surface area (Å²) in [6, 6.07) is 0. The number of hydrogen-bond donors (Lipinski definition) is 3. The van der Waals surface area contributed by atoms with Gasteiger partial charge in [-0.3, -0.25) is 4.79 Å². The molecule has 0 saturated carbocycles. The first-order valence-corrected chi connectivity index (χ1v) is 5.61. The first kappa shape index (κ1) is 14.4. The van der Waals surface area contributed by atoms with Gasteiger partial charge in [0.2, 0.25) is 5.91 Å². The van der Waals surface area contributed by atoms with Gasteiger partial charge in [0.05, 0.1) is 12.7 Å². The van der Waals surface area contributed by atoms with Crippen LogP contribution in [0, 0.1) is 11.8 Å². The van der Waals surface area contributed by atoms with Crippen LogP contribution in [0.5, 0.6) is 0 Å². The van der Waals surface area contributed by atoms with E-state index in [9.17, 15) is 9.90 Å². The van der Waals surface area contributed by atoms with Gasteiger partial charge in [-0.2, -0.15) is 0 Å². The van der Waals surface area contributed by atoms with E-state index in [1.165, 1.54) is 0 Å². The smallest absolute Gasteiger partial charge is 0.220 e. The number of primary amides is 1. The third-order valence-electron chi connectivity index (χ3n) is 2.95. The number of aliphatic hydroxyl groups is 2. The van der Waals surface area contributed by atoms with Gasteiger partial charge in [-0.05, 0) is 25.2 Å². The van der Waals surface area contributed by atoms with Crippen LogP contribution in [0.2, 0.25) is 0 Å². The van der Waals surface area contributed by atoms with Crippen molar-refractivity contribution >= 4 is 5.91 Å². The van der Waals surface area contributed by atoms with Crippen LogP contribution in [0.25, 0.3) is 0 Å². The molecule has 0 radical (unpaired) electrons. The maximum atomic E-state index is 10.9. The normalized spacial score (nSPS) is 17.1. The number of carbonyl (C=O) groups is 1. The summed E-state index contributed by atoms with van der Waals surface area (Å²) < 4.78 is 0. The van der Waals surface area contributed by atoms with Crippen molar-refractivity contribution in [3.63, 3.8) is 0 Å². The highest BCUT2D eigenvalue weighted by molar-refractivity contribution is 5.76. The summed E-state index contributed by atoms with van der Waals surface area (Å²) in [5, 5.41) is 18.0. The van der Waals surface area contributed by atoms with Gasteiger partial charge >= 0.3 is 0 Å². The molecule has 90 valence electrons. The van der Waals surface area contributed by atoms with Crippen LogP contribution in [0.1, 0.15) is 39.5 Å². The molecule has 0 saturated heterocycles. The molecule has 4 N–H and O–H groups in total. The molecule has 15 heavy (non-hydrogen) atoms. The lowest BCUT2D eigenvalue weighted by atomic mass is 9.93. The number of nitrogens with two attached hydrogens (primary N) is 1. The number of aliphatic hydroxyl groups excluding tert-OH is 2. The molecule has 0 fully saturated rings. The minimum atomic E-state index is -0.654. The van der Waals surface area contributed by atoms with Crippen molar-refractivity contribution < 1.29 is 15.0 Å². The van der Waals surface area contributed by atoms with E-state index in [0.29, 0.717) is 0 Å². The zero-order valence-corrected chi connectivity index (χ0v) is 9.65. The summed E-state index contributed by atoms with van der Waals surface area (Å²) in [5.74, 6) is -0.225. The van der Waals surface area contributed by atoms with Gasteiger partial charge in [0.1, 0.15) is 0 Å². The molecule has 0 aromatic rings. The number of amides is 1. The molecule has 4 nitrogen and oxygen atoms in total. The Morgan fingerprint density at radius 3 is 2.40 bits per heavy atom. The third-order valence-corrected chi connectivity index (χ3v) is 2.95. The van der Waals surface area contributed by atoms with E-state index in [1.54, 1.807) is 0 Å². The van der Waals surface area contributed by atoms with Crippen LogP contribution in [-0.2, 0) is 4.79 Å². The molecule has 0 bridgehead atoms. The summed E-state index contributed by atoms with van der Waals surface area (Å²) >= 11 is 0. The molecule has 0 spiro atoms. The van der Waals surface area contributed by atoms with Gasteiger partial charge in [-0.15, -0.1) is 0 Å². The monoisotopic (exact) mass is 217 g/mol. The van der Waals surface area contributed by atoms with Gasteiger partial charge in [0, 0.05) is 5.92 Å². The molecule has 4 heteroatoms. The zero-order valence-electron chi connectivity index (χ0n) is 9.65. The average molecular weight is 217 g/mol. The molecular weight excluding hydrogens is 194 g/mol. The second kappa shape index (κ2) is 7.65. The van der Waals surface area contributed by atoms with Crippen LogP contribution in [0.4, 0.5) is 0 Å². The zero-order chi connectivity index (χ0) is 11.8. The molecule has 3 unspecified atom stereocenters. The quantitative estimate of drug-likeness (QED) is 0.558. The Hall–Kier alpha value is -0.610. The van der Waals surface area contributed by atoms with E-state index in [0.717, 1.165) is 25.7 Å². The Kier molecular flexibility index (Phi) is 7.34. The molecule has 0 aromatic carbocycles. The molecule has 0 aliphatic heterocycles. The lowest BCUT2D eigenvalue weighted by Gasteiger charge is -2.17. The van der Waals surface area contributed by atoms with E-state index in [2.05, 4.69) is 0 Å². The first-order valence-electron chi connectivity index (χ1n) is 5.61. The van der Waals surface area contributed by atoms with E-state index >= 15 is 0 Å². The van der Waals surface area contributed by atoms with Crippen molar-refractivity contribution in [3.8, 4) is 0 Å². The SMILES string of the molecule is CCC(CCCC(C)C(O)CO)C(N)=O. The summed E-state index contributed by atoms with van der Waals surface area (Å²) in [4.78, 5) is 10.9. The fourth-order valence-electron chi connectivity index (χ4n) is 1.61. The van der Waals surface area contributed by atoms with Crippen molar-refractivity contribution in [2.24, 2.45) is 17.6 Å². The molecule has 0 heterocycles. The predicted octanol–water partition coefficient (Wildman–Crippen LogP) is 0.657. The highest BCUT2D eigenvalue weighted by Crippen LogP contribution is 2.17. The molecule has 0 aromatic heterocycles. The second-order valence-electron chi connectivity index (χ2n) is 4.17. The second-order valence-corrected chi connectivity index (χ2v) is 4.17. The fraction of sp³-hybridized carbons (Fsp3) is 0.909. The molecule has 0 aliphatic rings. The van der Waals surface area contributed by atoms with Gasteiger partial charge in [0.15, 0.2) is 0 Å². The van der Waals surface area contributed by atoms with Crippen molar-refractivity contribution in [3.05, 3.63) is 0 Å². The van der Waals surface area contributed by atoms with Crippen molar-refractivity contribution in [1.29, 1.82) is 0 Å². The molecule has 0 aliphatic carbocycles. The molecule has 3 atom stereocenters. The van der Waals surface area contributed by atoms with Crippen LogP contribution >= 0.6 is 0 Å². The number of carbonyl (C=O) groups excluding carboxylic acids is 1. The molecule has 1 amide bonds. The lowest BCUT2D eigenvalue weighted by molar-refractivity contribution is -0.122. The highest BCUT2D eigenvalue weighted by Gasteiger charge is 2.16. The highest BCUT2D eigenvalue weighted by atomic mass is 16.3. The van der Waals surface area contributed by atoms with Crippen molar-refractivity contribution in [1.82, 2.24) is 0 Å². The van der Waals surface area contributed by atoms with E-state index < -0.39 is 6.10 Å². The summed E-state index contributed by atoms with van der Waals surface area (Å²) in [6.45, 7) is 3.64. The van der Waals surface area contributed by atoms with Crippen LogP contribution in [-0.4, -0.2) is 28.8 Å². The fourth-order valence-corrected chi connectivity index (χ4v) is 1.61. The topological polar surface area (TPSA) is 83.6 Å². The first-order chi connectivity index (χ1) is 7.02. The maximum absolute atomic E-state index is 10.9. The van der Waals surface area contributed by atoms with Crippen molar-refractivity contribution in [2.75, 3.05) is 6.61 Å². The number of rotatable bonds is 8. The molecular formula is C11H23NO3. The number of hydrogen-bond acceptors (Lipinski definition) is 3. The van der Waals surface area contributed by atoms with Gasteiger partial charge < -0.3 is 15.9 Å². The van der Waals surface area contributed by atoms with Crippen LogP contribution in [0.3, 0.4) is 0 Å². The van der Waals surface area contributed by atoms with Gasteiger partial charge in [-0.1, -0.05) is 20.3 Å². The Balaban J connectivity index is 3.72. The minimum Gasteiger partial charge on any atom is -0.394 e. The Labute approximate surface area is 91.5 Å². The molecule has 0 rings (SSSR count). The lowest BCUT2D eigenvalue weighted by Crippen LogP contribution is -2.24. The summed E-state index contributed by atoms with van der Waals surface area (Å²) in [5.41, 5.74) is 5.22. The van der Waals surface area contributed by atoms with Crippen LogP contribution in [0.15, 0.2) is 0 Å². The van der Waals surface area contributed by atoms with Gasteiger partial charge in [-0.25, -0.2) is 0 Å². The largest absolute Gasteiger partial charge is 0.394 e. The summed E-state index contributed by atoms with van der Waals surface area (Å²) in [7, 11) is 0. The third kappa shape index (κ3) is 5.74. The maximum Gasteiger partial charge on any atom is 0.220 e. The Morgan fingerprint density at radius 1 is 1.40 bits per heavy atom. The van der Waals surface area contributed by atoms with E-state index in [4.69, 9.17) is 10.8 Å². The average Bonchev–Trinajstić information content (AvgIpc) is 2.22.